The Morgan fingerprint density at radius 3 is 2.45 bits per heavy atom. The third kappa shape index (κ3) is 2.78. The van der Waals surface area contributed by atoms with Gasteiger partial charge in [-0.2, -0.15) is 0 Å². The van der Waals surface area contributed by atoms with Crippen LogP contribution in [-0.4, -0.2) is 9.97 Å². The second kappa shape index (κ2) is 5.51. The van der Waals surface area contributed by atoms with Crippen molar-refractivity contribution in [1.29, 1.82) is 0 Å². The number of fused-ring (bicyclic) bond motifs is 1. The van der Waals surface area contributed by atoms with E-state index in [2.05, 4.69) is 9.97 Å². The molecule has 0 amide bonds. The number of rotatable bonds is 3. The zero-order chi connectivity index (χ0) is 15.7. The van der Waals surface area contributed by atoms with Crippen LogP contribution in [0, 0.1) is 17.5 Å². The van der Waals surface area contributed by atoms with Crippen molar-refractivity contribution >= 4 is 10.9 Å². The Morgan fingerprint density at radius 1 is 1.05 bits per heavy atom. The van der Waals surface area contributed by atoms with Crippen LogP contribution in [0.4, 0.5) is 13.2 Å². The first-order valence-electron chi connectivity index (χ1n) is 6.29. The van der Waals surface area contributed by atoms with Gasteiger partial charge >= 0.3 is 0 Å². The molecule has 0 aliphatic rings. The third-order valence-corrected chi connectivity index (χ3v) is 2.99. The van der Waals surface area contributed by atoms with Gasteiger partial charge in [-0.1, -0.05) is 0 Å². The molecule has 0 fully saturated rings. The van der Waals surface area contributed by atoms with Gasteiger partial charge in [-0.25, -0.2) is 18.2 Å². The summed E-state index contributed by atoms with van der Waals surface area (Å²) in [6, 6.07) is 6.93. The van der Waals surface area contributed by atoms with E-state index in [1.807, 2.05) is 0 Å². The van der Waals surface area contributed by atoms with E-state index < -0.39 is 23.0 Å². The number of benzene rings is 2. The molecule has 2 aromatic carbocycles. The van der Waals surface area contributed by atoms with Crippen LogP contribution in [-0.2, 0) is 6.61 Å². The molecule has 0 aliphatic heterocycles. The summed E-state index contributed by atoms with van der Waals surface area (Å²) in [4.78, 5) is 18.3. The summed E-state index contributed by atoms with van der Waals surface area (Å²) in [5.74, 6) is -2.07. The first-order valence-corrected chi connectivity index (χ1v) is 6.29. The summed E-state index contributed by atoms with van der Waals surface area (Å²) < 4.78 is 44.4. The fourth-order valence-electron chi connectivity index (χ4n) is 1.93. The Morgan fingerprint density at radius 2 is 1.73 bits per heavy atom. The van der Waals surface area contributed by atoms with Gasteiger partial charge in [0.2, 0.25) is 0 Å². The molecule has 1 N–H and O–H groups in total. The van der Waals surface area contributed by atoms with Crippen LogP contribution in [0.15, 0.2) is 41.2 Å². The fourth-order valence-corrected chi connectivity index (χ4v) is 1.93. The van der Waals surface area contributed by atoms with E-state index in [9.17, 15) is 18.0 Å². The molecule has 0 aliphatic carbocycles. The van der Waals surface area contributed by atoms with Gasteiger partial charge in [0, 0.05) is 6.07 Å². The smallest absolute Gasteiger partial charge is 0.258 e. The standard InChI is InChI=1S/C15H9F3N2O2/c16-8-1-3-9(4-2-8)22-7-14-19-13-6-12(18)11(17)5-10(13)15(21)20-14/h1-6H,7H2,(H,19,20,21). The van der Waals surface area contributed by atoms with Crippen LogP contribution >= 0.6 is 0 Å². The Bertz CT molecular complexity index is 892. The van der Waals surface area contributed by atoms with E-state index in [0.29, 0.717) is 5.75 Å². The molecule has 112 valence electrons. The highest BCUT2D eigenvalue weighted by Gasteiger charge is 2.10. The number of H-pyrrole nitrogens is 1. The highest BCUT2D eigenvalue weighted by Crippen LogP contribution is 2.15. The summed E-state index contributed by atoms with van der Waals surface area (Å²) in [5.41, 5.74) is -0.568. The summed E-state index contributed by atoms with van der Waals surface area (Å²) in [6.07, 6.45) is 0. The maximum Gasteiger partial charge on any atom is 0.258 e. The summed E-state index contributed by atoms with van der Waals surface area (Å²) in [5, 5.41) is -0.0515. The van der Waals surface area contributed by atoms with Gasteiger partial charge in [0.05, 0.1) is 10.9 Å². The van der Waals surface area contributed by atoms with Gasteiger partial charge < -0.3 is 9.72 Å². The lowest BCUT2D eigenvalue weighted by molar-refractivity contribution is 0.295. The van der Waals surface area contributed by atoms with Crippen LogP contribution in [0.25, 0.3) is 10.9 Å². The lowest BCUT2D eigenvalue weighted by Gasteiger charge is -2.06. The molecule has 1 heterocycles. The van der Waals surface area contributed by atoms with Crippen LogP contribution in [0.5, 0.6) is 5.75 Å². The minimum Gasteiger partial charge on any atom is -0.486 e. The van der Waals surface area contributed by atoms with E-state index in [0.717, 1.165) is 12.1 Å². The van der Waals surface area contributed by atoms with Crippen molar-refractivity contribution in [3.05, 3.63) is 70.0 Å². The molecule has 3 rings (SSSR count). The van der Waals surface area contributed by atoms with Crippen molar-refractivity contribution < 1.29 is 17.9 Å². The number of nitrogens with one attached hydrogen (secondary N) is 1. The van der Waals surface area contributed by atoms with Crippen molar-refractivity contribution in [2.75, 3.05) is 0 Å². The van der Waals surface area contributed by atoms with E-state index in [1.165, 1.54) is 24.3 Å². The Kier molecular flexibility index (Phi) is 3.54. The van der Waals surface area contributed by atoms with Crippen LogP contribution < -0.4 is 10.3 Å². The topological polar surface area (TPSA) is 55.0 Å². The average molecular weight is 306 g/mol. The number of aromatic nitrogens is 2. The average Bonchev–Trinajstić information content (AvgIpc) is 2.49. The minimum atomic E-state index is -1.12. The van der Waals surface area contributed by atoms with Crippen molar-refractivity contribution in [2.24, 2.45) is 0 Å². The number of hydrogen-bond acceptors (Lipinski definition) is 3. The van der Waals surface area contributed by atoms with Crippen molar-refractivity contribution in [2.45, 2.75) is 6.61 Å². The van der Waals surface area contributed by atoms with E-state index in [-0.39, 0.29) is 23.3 Å². The van der Waals surface area contributed by atoms with Gasteiger partial charge in [-0.15, -0.1) is 0 Å². The quantitative estimate of drug-likeness (QED) is 0.809. The predicted octanol–water partition coefficient (Wildman–Crippen LogP) is 2.92. The van der Waals surface area contributed by atoms with Gasteiger partial charge in [0.25, 0.3) is 5.56 Å². The van der Waals surface area contributed by atoms with Gasteiger partial charge in [-0.05, 0) is 30.3 Å². The molecule has 0 unspecified atom stereocenters. The number of hydrogen-bond donors (Lipinski definition) is 1. The molecule has 0 spiro atoms. The molecule has 0 saturated carbocycles. The normalized spacial score (nSPS) is 10.9. The zero-order valence-corrected chi connectivity index (χ0v) is 11.1. The Hall–Kier alpha value is -2.83. The summed E-state index contributed by atoms with van der Waals surface area (Å²) in [6.45, 7) is -0.101. The Balaban J connectivity index is 1.89. The molecule has 4 nitrogen and oxygen atoms in total. The number of nitrogens with zero attached hydrogens (tertiary/aromatic N) is 1. The van der Waals surface area contributed by atoms with Crippen LogP contribution in [0.3, 0.4) is 0 Å². The van der Waals surface area contributed by atoms with Crippen molar-refractivity contribution in [3.8, 4) is 5.75 Å². The number of aromatic amines is 1. The molecule has 0 bridgehead atoms. The maximum absolute atomic E-state index is 13.2. The molecular weight excluding hydrogens is 297 g/mol. The highest BCUT2D eigenvalue weighted by atomic mass is 19.2. The van der Waals surface area contributed by atoms with Gasteiger partial charge in [-0.3, -0.25) is 4.79 Å². The molecule has 0 saturated heterocycles. The number of halogens is 3. The third-order valence-electron chi connectivity index (χ3n) is 2.99. The number of ether oxygens (including phenoxy) is 1. The SMILES string of the molecule is O=c1[nH]c(COc2ccc(F)cc2)nc2cc(F)c(F)cc12. The molecule has 0 atom stereocenters. The van der Waals surface area contributed by atoms with Gasteiger partial charge in [0.15, 0.2) is 11.6 Å². The Labute approximate surface area is 122 Å². The minimum absolute atomic E-state index is 0.0281. The molecule has 1 aromatic heterocycles. The summed E-state index contributed by atoms with van der Waals surface area (Å²) >= 11 is 0. The van der Waals surface area contributed by atoms with E-state index in [4.69, 9.17) is 4.74 Å². The molecular formula is C15H9F3N2O2. The van der Waals surface area contributed by atoms with Crippen LogP contribution in [0.2, 0.25) is 0 Å². The van der Waals surface area contributed by atoms with Crippen molar-refractivity contribution in [1.82, 2.24) is 9.97 Å². The first-order chi connectivity index (χ1) is 10.5. The highest BCUT2D eigenvalue weighted by molar-refractivity contribution is 5.77. The van der Waals surface area contributed by atoms with E-state index >= 15 is 0 Å². The van der Waals surface area contributed by atoms with E-state index in [1.54, 1.807) is 0 Å². The zero-order valence-electron chi connectivity index (χ0n) is 11.1. The summed E-state index contributed by atoms with van der Waals surface area (Å²) in [7, 11) is 0. The predicted molar refractivity (Wildman–Crippen MR) is 73.0 cm³/mol. The molecule has 7 heteroatoms. The fraction of sp³-hybridized carbons (Fsp3) is 0.0667. The monoisotopic (exact) mass is 306 g/mol. The van der Waals surface area contributed by atoms with Crippen LogP contribution in [0.1, 0.15) is 5.82 Å². The molecule has 3 aromatic rings. The molecule has 0 radical (unpaired) electrons. The maximum atomic E-state index is 13.2. The second-order valence-electron chi connectivity index (χ2n) is 4.54. The lowest BCUT2D eigenvalue weighted by Crippen LogP contribution is -2.14. The van der Waals surface area contributed by atoms with Gasteiger partial charge in [0.1, 0.15) is 24.0 Å². The largest absolute Gasteiger partial charge is 0.486 e. The lowest BCUT2D eigenvalue weighted by atomic mass is 10.2. The first kappa shape index (κ1) is 14.1. The second-order valence-corrected chi connectivity index (χ2v) is 4.54. The van der Waals surface area contributed by atoms with Crippen molar-refractivity contribution in [3.63, 3.8) is 0 Å². The molecule has 22 heavy (non-hydrogen) atoms.